The largest absolute Gasteiger partial charge is 0.457 e. The van der Waals surface area contributed by atoms with Gasteiger partial charge in [-0.1, -0.05) is 30.3 Å². The highest BCUT2D eigenvalue weighted by Crippen LogP contribution is 2.19. The zero-order chi connectivity index (χ0) is 14.7. The number of rotatable bonds is 3. The van der Waals surface area contributed by atoms with E-state index in [1.807, 2.05) is 0 Å². The maximum Gasteiger partial charge on any atom is 0.341 e. The molecular weight excluding hydrogens is 276 g/mol. The SMILES string of the molecule is O=C(OCc1ccccc1)c1cc(F)c(F)c(F)c1F. The normalized spacial score (nSPS) is 10.4. The van der Waals surface area contributed by atoms with Crippen LogP contribution in [0.15, 0.2) is 36.4 Å². The number of carbonyl (C=O) groups is 1. The molecule has 0 saturated heterocycles. The summed E-state index contributed by atoms with van der Waals surface area (Å²) in [6.07, 6.45) is 0. The van der Waals surface area contributed by atoms with E-state index in [0.29, 0.717) is 5.56 Å². The molecule has 2 rings (SSSR count). The third-order valence-corrected chi connectivity index (χ3v) is 2.54. The molecule has 0 aliphatic heterocycles. The first-order valence-electron chi connectivity index (χ1n) is 5.54. The predicted octanol–water partition coefficient (Wildman–Crippen LogP) is 3.60. The second-order valence-electron chi connectivity index (χ2n) is 3.91. The Bertz CT molecular complexity index is 641. The molecule has 0 bridgehead atoms. The van der Waals surface area contributed by atoms with Crippen molar-refractivity contribution in [2.24, 2.45) is 0 Å². The molecule has 104 valence electrons. The summed E-state index contributed by atoms with van der Waals surface area (Å²) in [6, 6.07) is 8.70. The van der Waals surface area contributed by atoms with Crippen LogP contribution in [0.4, 0.5) is 17.6 Å². The van der Waals surface area contributed by atoms with E-state index >= 15 is 0 Å². The predicted molar refractivity (Wildman–Crippen MR) is 61.8 cm³/mol. The van der Waals surface area contributed by atoms with Crippen LogP contribution >= 0.6 is 0 Å². The van der Waals surface area contributed by atoms with E-state index in [1.54, 1.807) is 30.3 Å². The Hall–Kier alpha value is -2.37. The van der Waals surface area contributed by atoms with Crippen molar-refractivity contribution in [3.63, 3.8) is 0 Å². The van der Waals surface area contributed by atoms with Crippen LogP contribution in [-0.2, 0) is 11.3 Å². The molecule has 0 aliphatic carbocycles. The second-order valence-corrected chi connectivity index (χ2v) is 3.91. The van der Waals surface area contributed by atoms with Gasteiger partial charge in [-0.3, -0.25) is 0 Å². The number of halogens is 4. The van der Waals surface area contributed by atoms with Gasteiger partial charge in [0.25, 0.3) is 0 Å². The molecular formula is C14H8F4O2. The zero-order valence-electron chi connectivity index (χ0n) is 10.00. The number of carbonyl (C=O) groups excluding carboxylic acids is 1. The lowest BCUT2D eigenvalue weighted by atomic mass is 10.2. The number of hydrogen-bond donors (Lipinski definition) is 0. The number of esters is 1. The Morgan fingerprint density at radius 3 is 2.25 bits per heavy atom. The fraction of sp³-hybridized carbons (Fsp3) is 0.0714. The molecule has 2 aromatic carbocycles. The van der Waals surface area contributed by atoms with Gasteiger partial charge in [-0.25, -0.2) is 22.4 Å². The minimum atomic E-state index is -2.04. The Balaban J connectivity index is 2.18. The molecule has 0 aliphatic rings. The van der Waals surface area contributed by atoms with Crippen molar-refractivity contribution in [1.82, 2.24) is 0 Å². The quantitative estimate of drug-likeness (QED) is 0.372. The van der Waals surface area contributed by atoms with Gasteiger partial charge in [0.15, 0.2) is 23.3 Å². The summed E-state index contributed by atoms with van der Waals surface area (Å²) in [5, 5.41) is 0. The molecule has 20 heavy (non-hydrogen) atoms. The van der Waals surface area contributed by atoms with Gasteiger partial charge in [0.2, 0.25) is 0 Å². The molecule has 0 saturated carbocycles. The first-order chi connectivity index (χ1) is 9.50. The number of ether oxygens (including phenoxy) is 1. The van der Waals surface area contributed by atoms with Gasteiger partial charge in [0.05, 0.1) is 0 Å². The van der Waals surface area contributed by atoms with Crippen LogP contribution in [0.5, 0.6) is 0 Å². The van der Waals surface area contributed by atoms with Crippen LogP contribution in [0.1, 0.15) is 15.9 Å². The average molecular weight is 284 g/mol. The van der Waals surface area contributed by atoms with E-state index in [0.717, 1.165) is 0 Å². The Morgan fingerprint density at radius 2 is 1.60 bits per heavy atom. The molecule has 0 spiro atoms. The minimum Gasteiger partial charge on any atom is -0.457 e. The van der Waals surface area contributed by atoms with Gasteiger partial charge >= 0.3 is 5.97 Å². The van der Waals surface area contributed by atoms with Gasteiger partial charge in [0, 0.05) is 0 Å². The summed E-state index contributed by atoms with van der Waals surface area (Å²) < 4.78 is 56.7. The Labute approximate surface area is 111 Å². The van der Waals surface area contributed by atoms with Gasteiger partial charge in [-0.15, -0.1) is 0 Å². The molecule has 0 amide bonds. The topological polar surface area (TPSA) is 26.3 Å². The first kappa shape index (κ1) is 14.0. The monoisotopic (exact) mass is 284 g/mol. The molecule has 0 fully saturated rings. The second kappa shape index (κ2) is 5.73. The summed E-state index contributed by atoms with van der Waals surface area (Å²) in [4.78, 5) is 11.5. The lowest BCUT2D eigenvalue weighted by Gasteiger charge is -2.07. The van der Waals surface area contributed by atoms with Crippen molar-refractivity contribution in [1.29, 1.82) is 0 Å². The third-order valence-electron chi connectivity index (χ3n) is 2.54. The van der Waals surface area contributed by atoms with Crippen LogP contribution in [0.2, 0.25) is 0 Å². The highest BCUT2D eigenvalue weighted by molar-refractivity contribution is 5.89. The Morgan fingerprint density at radius 1 is 0.950 bits per heavy atom. The molecule has 2 nitrogen and oxygen atoms in total. The zero-order valence-corrected chi connectivity index (χ0v) is 10.00. The lowest BCUT2D eigenvalue weighted by molar-refractivity contribution is 0.0465. The lowest BCUT2D eigenvalue weighted by Crippen LogP contribution is -2.11. The summed E-state index contributed by atoms with van der Waals surface area (Å²) in [5.74, 6) is -8.72. The highest BCUT2D eigenvalue weighted by atomic mass is 19.2. The Kier molecular flexibility index (Phi) is 4.02. The van der Waals surface area contributed by atoms with Crippen LogP contribution in [0.25, 0.3) is 0 Å². The maximum absolute atomic E-state index is 13.3. The van der Waals surface area contributed by atoms with Crippen molar-refractivity contribution >= 4 is 5.97 Å². The van der Waals surface area contributed by atoms with Crippen molar-refractivity contribution in [3.8, 4) is 0 Å². The van der Waals surface area contributed by atoms with Crippen LogP contribution in [0.3, 0.4) is 0 Å². The van der Waals surface area contributed by atoms with Crippen molar-refractivity contribution in [2.75, 3.05) is 0 Å². The van der Waals surface area contributed by atoms with E-state index in [4.69, 9.17) is 4.74 Å². The maximum atomic E-state index is 13.3. The molecule has 6 heteroatoms. The summed E-state index contributed by atoms with van der Waals surface area (Å²) in [6.45, 7) is -0.195. The summed E-state index contributed by atoms with van der Waals surface area (Å²) >= 11 is 0. The molecule has 0 radical (unpaired) electrons. The molecule has 0 heterocycles. The number of benzene rings is 2. The van der Waals surface area contributed by atoms with Crippen LogP contribution in [-0.4, -0.2) is 5.97 Å². The van der Waals surface area contributed by atoms with E-state index in [9.17, 15) is 22.4 Å². The number of hydrogen-bond acceptors (Lipinski definition) is 2. The van der Waals surface area contributed by atoms with Crippen molar-refractivity contribution in [3.05, 3.63) is 70.8 Å². The fourth-order valence-corrected chi connectivity index (χ4v) is 1.52. The molecule has 0 N–H and O–H groups in total. The molecule has 0 unspecified atom stereocenters. The summed E-state index contributed by atoms with van der Waals surface area (Å²) in [5.41, 5.74) is -0.373. The molecule has 0 aromatic heterocycles. The smallest absolute Gasteiger partial charge is 0.341 e. The van der Waals surface area contributed by atoms with E-state index < -0.39 is 34.8 Å². The van der Waals surface area contributed by atoms with E-state index in [2.05, 4.69) is 0 Å². The first-order valence-corrected chi connectivity index (χ1v) is 5.54. The fourth-order valence-electron chi connectivity index (χ4n) is 1.52. The summed E-state index contributed by atoms with van der Waals surface area (Å²) in [7, 11) is 0. The highest BCUT2D eigenvalue weighted by Gasteiger charge is 2.23. The van der Waals surface area contributed by atoms with E-state index in [-0.39, 0.29) is 12.7 Å². The average Bonchev–Trinajstić information content (AvgIpc) is 2.47. The van der Waals surface area contributed by atoms with Crippen LogP contribution < -0.4 is 0 Å². The van der Waals surface area contributed by atoms with Gasteiger partial charge in [0.1, 0.15) is 12.2 Å². The van der Waals surface area contributed by atoms with Gasteiger partial charge in [-0.2, -0.15) is 0 Å². The molecule has 2 aromatic rings. The van der Waals surface area contributed by atoms with Gasteiger partial charge < -0.3 is 4.74 Å². The third kappa shape index (κ3) is 2.79. The van der Waals surface area contributed by atoms with Crippen molar-refractivity contribution < 1.29 is 27.1 Å². The van der Waals surface area contributed by atoms with Crippen LogP contribution in [0, 0.1) is 23.3 Å². The van der Waals surface area contributed by atoms with Gasteiger partial charge in [-0.05, 0) is 11.6 Å². The minimum absolute atomic E-state index is 0.195. The standard InChI is InChI=1S/C14H8F4O2/c15-10-6-9(11(16)13(18)12(10)17)14(19)20-7-8-4-2-1-3-5-8/h1-6H,7H2. The van der Waals surface area contributed by atoms with E-state index in [1.165, 1.54) is 0 Å². The molecule has 0 atom stereocenters. The van der Waals surface area contributed by atoms with Crippen molar-refractivity contribution in [2.45, 2.75) is 6.61 Å².